The maximum atomic E-state index is 12.4. The zero-order valence-corrected chi connectivity index (χ0v) is 13.5. The Labute approximate surface area is 140 Å². The summed E-state index contributed by atoms with van der Waals surface area (Å²) in [6, 6.07) is 5.58. The highest BCUT2D eigenvalue weighted by Gasteiger charge is 2.20. The van der Waals surface area contributed by atoms with E-state index in [1.807, 2.05) is 17.5 Å². The first-order chi connectivity index (χ1) is 11.7. The fourth-order valence-electron chi connectivity index (χ4n) is 2.33. The Morgan fingerprint density at radius 3 is 3.17 bits per heavy atom. The van der Waals surface area contributed by atoms with Crippen LogP contribution in [0.1, 0.15) is 21.7 Å². The van der Waals surface area contributed by atoms with E-state index >= 15 is 0 Å². The van der Waals surface area contributed by atoms with Gasteiger partial charge in [0.25, 0.3) is 0 Å². The standard InChI is InChI=1S/C16H12N4O3S/c1-10-13(14-17-5-3-6-20(14)19-10)16(21)23-9-11-8-22-15(18-11)12-4-2-7-24-12/h2-8H,9H2,1H3. The van der Waals surface area contributed by atoms with E-state index in [-0.39, 0.29) is 6.61 Å². The van der Waals surface area contributed by atoms with Gasteiger partial charge in [0, 0.05) is 12.4 Å². The largest absolute Gasteiger partial charge is 0.455 e. The molecule has 4 rings (SSSR count). The molecule has 0 unspecified atom stereocenters. The van der Waals surface area contributed by atoms with Gasteiger partial charge in [-0.3, -0.25) is 0 Å². The summed E-state index contributed by atoms with van der Waals surface area (Å²) in [6.45, 7) is 1.77. The number of hydrogen-bond acceptors (Lipinski definition) is 7. The van der Waals surface area contributed by atoms with Gasteiger partial charge in [-0.1, -0.05) is 6.07 Å². The zero-order valence-electron chi connectivity index (χ0n) is 12.7. The molecule has 0 saturated heterocycles. The molecule has 0 aromatic carbocycles. The van der Waals surface area contributed by atoms with E-state index in [4.69, 9.17) is 9.15 Å². The number of hydrogen-bond donors (Lipinski definition) is 0. The van der Waals surface area contributed by atoms with Gasteiger partial charge >= 0.3 is 5.97 Å². The monoisotopic (exact) mass is 340 g/mol. The van der Waals surface area contributed by atoms with Crippen molar-refractivity contribution in [2.75, 3.05) is 0 Å². The molecule has 0 aliphatic heterocycles. The number of aromatic nitrogens is 4. The van der Waals surface area contributed by atoms with Gasteiger partial charge in [0.1, 0.15) is 24.1 Å². The second kappa shape index (κ2) is 5.89. The van der Waals surface area contributed by atoms with Crippen LogP contribution < -0.4 is 0 Å². The van der Waals surface area contributed by atoms with Crippen molar-refractivity contribution in [1.82, 2.24) is 19.6 Å². The van der Waals surface area contributed by atoms with E-state index in [2.05, 4.69) is 15.1 Å². The lowest BCUT2D eigenvalue weighted by atomic mass is 10.2. The number of nitrogens with zero attached hydrogens (tertiary/aromatic N) is 4. The number of rotatable bonds is 4. The molecule has 0 radical (unpaired) electrons. The number of esters is 1. The lowest BCUT2D eigenvalue weighted by molar-refractivity contribution is 0.0469. The minimum Gasteiger partial charge on any atom is -0.455 e. The Morgan fingerprint density at radius 1 is 1.42 bits per heavy atom. The molecule has 8 heteroatoms. The molecule has 4 aromatic rings. The Hall–Kier alpha value is -3.00. The van der Waals surface area contributed by atoms with Crippen molar-refractivity contribution < 1.29 is 13.9 Å². The minimum atomic E-state index is -0.484. The molecule has 4 heterocycles. The molecule has 0 N–H and O–H groups in total. The lowest BCUT2D eigenvalue weighted by Crippen LogP contribution is -2.07. The van der Waals surface area contributed by atoms with Crippen molar-refractivity contribution in [2.45, 2.75) is 13.5 Å². The number of carbonyl (C=O) groups excluding carboxylic acids is 1. The first-order valence-electron chi connectivity index (χ1n) is 7.18. The summed E-state index contributed by atoms with van der Waals surface area (Å²) in [5.41, 5.74) is 1.95. The normalized spacial score (nSPS) is 11.0. The van der Waals surface area contributed by atoms with Crippen LogP contribution in [-0.4, -0.2) is 25.6 Å². The molecule has 0 aliphatic rings. The Bertz CT molecular complexity index is 1000. The second-order valence-electron chi connectivity index (χ2n) is 5.05. The maximum absolute atomic E-state index is 12.4. The highest BCUT2D eigenvalue weighted by Crippen LogP contribution is 2.24. The van der Waals surface area contributed by atoms with Crippen molar-refractivity contribution >= 4 is 23.0 Å². The summed E-state index contributed by atoms with van der Waals surface area (Å²) in [4.78, 5) is 21.8. The smallest absolute Gasteiger partial charge is 0.344 e. The predicted octanol–water partition coefficient (Wildman–Crippen LogP) is 3.11. The number of aryl methyl sites for hydroxylation is 1. The number of carbonyl (C=O) groups is 1. The van der Waals surface area contributed by atoms with Gasteiger partial charge in [0.05, 0.1) is 10.6 Å². The van der Waals surface area contributed by atoms with Crippen LogP contribution in [0, 0.1) is 6.92 Å². The van der Waals surface area contributed by atoms with E-state index in [1.54, 1.807) is 29.9 Å². The molecule has 0 bridgehead atoms. The van der Waals surface area contributed by atoms with Crippen LogP contribution in [0.15, 0.2) is 46.7 Å². The molecule has 7 nitrogen and oxygen atoms in total. The van der Waals surface area contributed by atoms with E-state index < -0.39 is 5.97 Å². The number of thiophene rings is 1. The van der Waals surface area contributed by atoms with Crippen LogP contribution in [0.25, 0.3) is 16.4 Å². The molecular weight excluding hydrogens is 328 g/mol. The third kappa shape index (κ3) is 2.56. The van der Waals surface area contributed by atoms with Crippen molar-refractivity contribution in [3.05, 3.63) is 59.2 Å². The number of oxazole rings is 1. The highest BCUT2D eigenvalue weighted by atomic mass is 32.1. The summed E-state index contributed by atoms with van der Waals surface area (Å²) >= 11 is 1.53. The van der Waals surface area contributed by atoms with E-state index in [0.29, 0.717) is 28.5 Å². The van der Waals surface area contributed by atoms with Gasteiger partial charge < -0.3 is 9.15 Å². The van der Waals surface area contributed by atoms with Crippen LogP contribution in [0.4, 0.5) is 0 Å². The minimum absolute atomic E-state index is 0.0251. The van der Waals surface area contributed by atoms with E-state index in [1.165, 1.54) is 17.6 Å². The molecule has 0 aliphatic carbocycles. The summed E-state index contributed by atoms with van der Waals surface area (Å²) in [5.74, 6) is 0.0340. The topological polar surface area (TPSA) is 82.5 Å². The SMILES string of the molecule is Cc1nn2cccnc2c1C(=O)OCc1coc(-c2cccs2)n1. The van der Waals surface area contributed by atoms with Gasteiger partial charge in [-0.15, -0.1) is 11.3 Å². The Morgan fingerprint density at radius 2 is 2.33 bits per heavy atom. The third-order valence-electron chi connectivity index (χ3n) is 3.41. The third-order valence-corrected chi connectivity index (χ3v) is 4.27. The maximum Gasteiger partial charge on any atom is 0.344 e. The summed E-state index contributed by atoms with van der Waals surface area (Å²) in [7, 11) is 0. The van der Waals surface area contributed by atoms with Gasteiger partial charge in [-0.2, -0.15) is 5.10 Å². The molecule has 24 heavy (non-hydrogen) atoms. The average molecular weight is 340 g/mol. The summed E-state index contributed by atoms with van der Waals surface area (Å²) < 4.78 is 12.3. The van der Waals surface area contributed by atoms with Crippen LogP contribution in [-0.2, 0) is 11.3 Å². The van der Waals surface area contributed by atoms with E-state index in [9.17, 15) is 4.79 Å². The van der Waals surface area contributed by atoms with Crippen molar-refractivity contribution in [2.24, 2.45) is 0 Å². The quantitative estimate of drug-likeness (QED) is 0.531. The van der Waals surface area contributed by atoms with Crippen molar-refractivity contribution in [3.63, 3.8) is 0 Å². The molecule has 0 spiro atoms. The van der Waals surface area contributed by atoms with Crippen LogP contribution in [0.2, 0.25) is 0 Å². The first kappa shape index (κ1) is 14.6. The van der Waals surface area contributed by atoms with Gasteiger partial charge in [0.2, 0.25) is 5.89 Å². The Balaban J connectivity index is 1.51. The van der Waals surface area contributed by atoms with Crippen molar-refractivity contribution in [3.8, 4) is 10.8 Å². The van der Waals surface area contributed by atoms with Gasteiger partial charge in [-0.25, -0.2) is 19.3 Å². The van der Waals surface area contributed by atoms with Crippen LogP contribution >= 0.6 is 11.3 Å². The fraction of sp³-hybridized carbons (Fsp3) is 0.125. The van der Waals surface area contributed by atoms with Crippen molar-refractivity contribution in [1.29, 1.82) is 0 Å². The molecule has 0 atom stereocenters. The molecule has 0 saturated carbocycles. The van der Waals surface area contributed by atoms with Gasteiger partial charge in [-0.05, 0) is 24.4 Å². The first-order valence-corrected chi connectivity index (χ1v) is 8.05. The summed E-state index contributed by atoms with van der Waals surface area (Å²) in [6.07, 6.45) is 4.83. The molecule has 0 amide bonds. The Kier molecular flexibility index (Phi) is 3.58. The highest BCUT2D eigenvalue weighted by molar-refractivity contribution is 7.13. The molecule has 120 valence electrons. The number of ether oxygens (including phenoxy) is 1. The summed E-state index contributed by atoms with van der Waals surface area (Å²) in [5, 5.41) is 6.19. The fourth-order valence-corrected chi connectivity index (χ4v) is 2.99. The molecule has 0 fully saturated rings. The second-order valence-corrected chi connectivity index (χ2v) is 5.99. The lowest BCUT2D eigenvalue weighted by Gasteiger charge is -2.01. The van der Waals surface area contributed by atoms with Crippen LogP contribution in [0.3, 0.4) is 0 Å². The van der Waals surface area contributed by atoms with Gasteiger partial charge in [0.15, 0.2) is 5.65 Å². The average Bonchev–Trinajstić information content (AvgIpc) is 3.31. The zero-order chi connectivity index (χ0) is 16.5. The number of fused-ring (bicyclic) bond motifs is 1. The molecular formula is C16H12N4O3S. The van der Waals surface area contributed by atoms with Crippen LogP contribution in [0.5, 0.6) is 0 Å². The predicted molar refractivity (Wildman–Crippen MR) is 86.7 cm³/mol. The van der Waals surface area contributed by atoms with E-state index in [0.717, 1.165) is 4.88 Å². The molecule has 4 aromatic heterocycles.